The third kappa shape index (κ3) is 7.15. The van der Waals surface area contributed by atoms with Crippen molar-refractivity contribution < 1.29 is 0 Å². The van der Waals surface area contributed by atoms with E-state index >= 15 is 0 Å². The maximum Gasteiger partial charge on any atom is 0.195 e. The minimum atomic E-state index is 0.298. The van der Waals surface area contributed by atoms with E-state index in [0.717, 1.165) is 19.4 Å². The van der Waals surface area contributed by atoms with Crippen LogP contribution in [0.3, 0.4) is 0 Å². The van der Waals surface area contributed by atoms with Gasteiger partial charge in [0.25, 0.3) is 0 Å². The van der Waals surface area contributed by atoms with Gasteiger partial charge >= 0.3 is 0 Å². The predicted octanol–water partition coefficient (Wildman–Crippen LogP) is 0.979. The van der Waals surface area contributed by atoms with Crippen molar-refractivity contribution in [2.45, 2.75) is 12.8 Å². The van der Waals surface area contributed by atoms with Crippen molar-refractivity contribution in [1.29, 1.82) is 0 Å². The summed E-state index contributed by atoms with van der Waals surface area (Å²) in [6.45, 7) is 4.81. The quantitative estimate of drug-likeness (QED) is 0.238. The predicted molar refractivity (Wildman–Crippen MR) is 83.0 cm³/mol. The smallest absolute Gasteiger partial charge is 0.195 e. The molecule has 0 atom stereocenters. The van der Waals surface area contributed by atoms with Gasteiger partial charge in [0.15, 0.2) is 11.1 Å². The highest BCUT2D eigenvalue weighted by Gasteiger charge is 1.97. The molecule has 0 unspecified atom stereocenters. The lowest BCUT2D eigenvalue weighted by molar-refractivity contribution is 0.770. The van der Waals surface area contributed by atoms with Crippen LogP contribution in [0.4, 0.5) is 0 Å². The number of thiocarbonyl (C=S) groups is 1. The highest BCUT2D eigenvalue weighted by molar-refractivity contribution is 7.80. The number of nitrogens with one attached hydrogen (secondary N) is 2. The van der Waals surface area contributed by atoms with Crippen molar-refractivity contribution in [3.8, 4) is 0 Å². The molecule has 1 aromatic rings. The molecule has 0 saturated carbocycles. The molecule has 19 heavy (non-hydrogen) atoms. The largest absolute Gasteiger partial charge is 0.370 e. The maximum atomic E-state index is 5.61. The van der Waals surface area contributed by atoms with E-state index in [1.807, 2.05) is 12.1 Å². The van der Waals surface area contributed by atoms with E-state index in [1.54, 1.807) is 18.5 Å². The van der Waals surface area contributed by atoms with Crippen molar-refractivity contribution in [1.82, 2.24) is 15.6 Å². The van der Waals surface area contributed by atoms with E-state index in [0.29, 0.717) is 17.6 Å². The molecule has 0 saturated heterocycles. The zero-order chi connectivity index (χ0) is 13.9. The number of aliphatic imine (C=N–C) groups is 1. The summed E-state index contributed by atoms with van der Waals surface area (Å²) in [5.41, 5.74) is 6.88. The summed E-state index contributed by atoms with van der Waals surface area (Å²) in [5.74, 6) is 0.298. The van der Waals surface area contributed by atoms with Crippen molar-refractivity contribution in [2.24, 2.45) is 10.7 Å². The van der Waals surface area contributed by atoms with Crippen LogP contribution in [-0.4, -0.2) is 29.1 Å². The molecule has 6 heteroatoms. The standard InChI is InChI=1S/C13H19N5S/c1-2-7-16-12(14)18-13(19)17-8-3-4-11-5-9-15-10-6-11/h2,5-6,9-10H,1,3-4,7-8H2,(H4,14,16,17,18,19). The SMILES string of the molecule is C=CCN=C(N)NC(=S)NCCCc1ccncc1. The average Bonchev–Trinajstić information content (AvgIpc) is 2.42. The summed E-state index contributed by atoms with van der Waals surface area (Å²) in [4.78, 5) is 7.97. The molecule has 0 amide bonds. The van der Waals surface area contributed by atoms with E-state index in [4.69, 9.17) is 18.0 Å². The second-order valence-electron chi connectivity index (χ2n) is 3.85. The van der Waals surface area contributed by atoms with Crippen LogP contribution in [0.15, 0.2) is 42.2 Å². The third-order valence-corrected chi connectivity index (χ3v) is 2.56. The number of rotatable bonds is 6. The number of hydrogen-bond donors (Lipinski definition) is 3. The first kappa shape index (κ1) is 15.1. The average molecular weight is 277 g/mol. The molecule has 0 aliphatic heterocycles. The van der Waals surface area contributed by atoms with Crippen LogP contribution in [0.1, 0.15) is 12.0 Å². The van der Waals surface area contributed by atoms with E-state index in [2.05, 4.69) is 27.2 Å². The molecule has 0 bridgehead atoms. The lowest BCUT2D eigenvalue weighted by atomic mass is 10.1. The van der Waals surface area contributed by atoms with Crippen LogP contribution in [0.25, 0.3) is 0 Å². The van der Waals surface area contributed by atoms with Gasteiger partial charge in [-0.25, -0.2) is 4.99 Å². The van der Waals surface area contributed by atoms with Gasteiger partial charge in [0.05, 0.1) is 6.54 Å². The Morgan fingerprint density at radius 3 is 2.89 bits per heavy atom. The van der Waals surface area contributed by atoms with E-state index < -0.39 is 0 Å². The lowest BCUT2D eigenvalue weighted by Crippen LogP contribution is -2.43. The number of aryl methyl sites for hydroxylation is 1. The molecular weight excluding hydrogens is 258 g/mol. The Balaban J connectivity index is 2.15. The summed E-state index contributed by atoms with van der Waals surface area (Å²) >= 11 is 5.09. The Bertz CT molecular complexity index is 430. The van der Waals surface area contributed by atoms with Crippen molar-refractivity contribution in [3.05, 3.63) is 42.7 Å². The van der Waals surface area contributed by atoms with Gasteiger partial charge in [-0.05, 0) is 42.8 Å². The van der Waals surface area contributed by atoms with Crippen LogP contribution in [-0.2, 0) is 6.42 Å². The molecule has 102 valence electrons. The number of nitrogens with zero attached hydrogens (tertiary/aromatic N) is 2. The Morgan fingerprint density at radius 2 is 2.21 bits per heavy atom. The lowest BCUT2D eigenvalue weighted by Gasteiger charge is -2.09. The topological polar surface area (TPSA) is 75.3 Å². The van der Waals surface area contributed by atoms with Crippen molar-refractivity contribution >= 4 is 23.3 Å². The molecular formula is C13H19N5S. The fraction of sp³-hybridized carbons (Fsp3) is 0.308. The highest BCUT2D eigenvalue weighted by Crippen LogP contribution is 1.99. The summed E-state index contributed by atoms with van der Waals surface area (Å²) in [7, 11) is 0. The third-order valence-electron chi connectivity index (χ3n) is 2.31. The molecule has 0 spiro atoms. The van der Waals surface area contributed by atoms with Gasteiger partial charge in [0, 0.05) is 18.9 Å². The van der Waals surface area contributed by atoms with Crippen molar-refractivity contribution in [3.63, 3.8) is 0 Å². The first-order chi connectivity index (χ1) is 9.22. The van der Waals surface area contributed by atoms with Crippen LogP contribution < -0.4 is 16.4 Å². The van der Waals surface area contributed by atoms with Gasteiger partial charge in [-0.1, -0.05) is 6.08 Å². The first-order valence-corrected chi connectivity index (χ1v) is 6.47. The second-order valence-corrected chi connectivity index (χ2v) is 4.26. The molecule has 1 aromatic heterocycles. The van der Waals surface area contributed by atoms with Crippen LogP contribution in [0, 0.1) is 0 Å². The summed E-state index contributed by atoms with van der Waals surface area (Å²) in [6, 6.07) is 4.02. The molecule has 4 N–H and O–H groups in total. The molecule has 0 radical (unpaired) electrons. The Kier molecular flexibility index (Phi) is 7.19. The zero-order valence-electron chi connectivity index (χ0n) is 10.8. The first-order valence-electron chi connectivity index (χ1n) is 6.07. The normalized spacial score (nSPS) is 10.8. The van der Waals surface area contributed by atoms with E-state index in [1.165, 1.54) is 5.56 Å². The number of hydrogen-bond acceptors (Lipinski definition) is 3. The van der Waals surface area contributed by atoms with Gasteiger partial charge in [-0.15, -0.1) is 6.58 Å². The summed E-state index contributed by atoms with van der Waals surface area (Å²) < 4.78 is 0. The monoisotopic (exact) mass is 277 g/mol. The minimum Gasteiger partial charge on any atom is -0.370 e. The number of aromatic nitrogens is 1. The Labute approximate surface area is 119 Å². The molecule has 0 aliphatic carbocycles. The number of nitrogens with two attached hydrogens (primary N) is 1. The highest BCUT2D eigenvalue weighted by atomic mass is 32.1. The van der Waals surface area contributed by atoms with Crippen molar-refractivity contribution in [2.75, 3.05) is 13.1 Å². The molecule has 0 aromatic carbocycles. The minimum absolute atomic E-state index is 0.298. The maximum absolute atomic E-state index is 5.61. The fourth-order valence-corrected chi connectivity index (χ4v) is 1.61. The van der Waals surface area contributed by atoms with Gasteiger partial charge in [-0.2, -0.15) is 0 Å². The van der Waals surface area contributed by atoms with E-state index in [9.17, 15) is 0 Å². The number of pyridine rings is 1. The number of guanidine groups is 1. The van der Waals surface area contributed by atoms with Gasteiger partial charge in [-0.3, -0.25) is 4.98 Å². The van der Waals surface area contributed by atoms with Gasteiger partial charge in [0.1, 0.15) is 0 Å². The molecule has 0 fully saturated rings. The molecule has 5 nitrogen and oxygen atoms in total. The Morgan fingerprint density at radius 1 is 1.47 bits per heavy atom. The van der Waals surface area contributed by atoms with Crippen LogP contribution in [0.5, 0.6) is 0 Å². The summed E-state index contributed by atoms with van der Waals surface area (Å²) in [5, 5.41) is 6.37. The fourth-order valence-electron chi connectivity index (χ4n) is 1.41. The molecule has 1 heterocycles. The molecule has 1 rings (SSSR count). The zero-order valence-corrected chi connectivity index (χ0v) is 11.6. The summed E-state index contributed by atoms with van der Waals surface area (Å²) in [6.07, 6.45) is 7.23. The molecule has 0 aliphatic rings. The van der Waals surface area contributed by atoms with Crippen LogP contribution in [0.2, 0.25) is 0 Å². The van der Waals surface area contributed by atoms with Gasteiger partial charge in [0.2, 0.25) is 0 Å². The van der Waals surface area contributed by atoms with E-state index in [-0.39, 0.29) is 0 Å². The second kappa shape index (κ2) is 9.04. The Hall–Kier alpha value is -1.95. The van der Waals surface area contributed by atoms with Gasteiger partial charge < -0.3 is 16.4 Å². The van der Waals surface area contributed by atoms with Crippen LogP contribution >= 0.6 is 12.2 Å².